The Morgan fingerprint density at radius 3 is 2.70 bits per heavy atom. The highest BCUT2D eigenvalue weighted by molar-refractivity contribution is 6.00. The van der Waals surface area contributed by atoms with E-state index >= 15 is 0 Å². The molecule has 0 aliphatic carbocycles. The maximum atomic E-state index is 14.7. The molecular formula is C22H22FN5O2. The van der Waals surface area contributed by atoms with Gasteiger partial charge in [0.05, 0.1) is 17.7 Å². The van der Waals surface area contributed by atoms with E-state index in [-0.39, 0.29) is 35.0 Å². The summed E-state index contributed by atoms with van der Waals surface area (Å²) in [5.41, 5.74) is 6.69. The molecule has 2 aromatic heterocycles. The van der Waals surface area contributed by atoms with Crippen molar-refractivity contribution >= 4 is 11.6 Å². The van der Waals surface area contributed by atoms with Crippen molar-refractivity contribution in [2.45, 2.75) is 31.9 Å². The minimum absolute atomic E-state index is 0.0149. The van der Waals surface area contributed by atoms with Crippen LogP contribution < -0.4 is 10.5 Å². The molecule has 7 nitrogen and oxygen atoms in total. The number of carbonyl (C=O) groups excluding carboxylic acids is 1. The maximum Gasteiger partial charge on any atom is 0.255 e. The number of piperidine rings is 1. The van der Waals surface area contributed by atoms with E-state index in [4.69, 9.17) is 10.5 Å². The van der Waals surface area contributed by atoms with E-state index in [1.807, 2.05) is 6.92 Å². The number of amides is 1. The van der Waals surface area contributed by atoms with Gasteiger partial charge in [0.1, 0.15) is 11.9 Å². The van der Waals surface area contributed by atoms with Crippen LogP contribution in [-0.2, 0) is 0 Å². The van der Waals surface area contributed by atoms with E-state index in [9.17, 15) is 9.18 Å². The Bertz CT molecular complexity index is 1050. The highest BCUT2D eigenvalue weighted by Gasteiger charge is 2.33. The second kappa shape index (κ2) is 8.44. The highest BCUT2D eigenvalue weighted by Crippen LogP contribution is 2.28. The molecule has 154 valence electrons. The van der Waals surface area contributed by atoms with Gasteiger partial charge in [-0.05, 0) is 44.0 Å². The van der Waals surface area contributed by atoms with Crippen LogP contribution in [0.15, 0.2) is 55.0 Å². The SMILES string of the molecule is C[C@@H]1CC[C@@H](Oc2cc(N)ccn2)CN1C(=O)c1cccc(F)c1-c1ncccn1. The minimum Gasteiger partial charge on any atom is -0.472 e. The van der Waals surface area contributed by atoms with Crippen LogP contribution >= 0.6 is 0 Å². The Hall–Kier alpha value is -3.55. The first-order valence-corrected chi connectivity index (χ1v) is 9.78. The molecule has 1 aromatic carbocycles. The number of rotatable bonds is 4. The molecule has 1 aliphatic rings. The highest BCUT2D eigenvalue weighted by atomic mass is 19.1. The largest absolute Gasteiger partial charge is 0.472 e. The van der Waals surface area contributed by atoms with E-state index in [0.29, 0.717) is 18.1 Å². The number of carbonyl (C=O) groups is 1. The number of anilines is 1. The zero-order valence-corrected chi connectivity index (χ0v) is 16.5. The first-order chi connectivity index (χ1) is 14.5. The summed E-state index contributed by atoms with van der Waals surface area (Å²) in [6, 6.07) is 9.40. The van der Waals surface area contributed by atoms with Gasteiger partial charge in [-0.15, -0.1) is 0 Å². The molecule has 4 rings (SSSR count). The van der Waals surface area contributed by atoms with Crippen LogP contribution in [0.1, 0.15) is 30.1 Å². The van der Waals surface area contributed by atoms with Crippen molar-refractivity contribution in [3.8, 4) is 17.3 Å². The monoisotopic (exact) mass is 407 g/mol. The van der Waals surface area contributed by atoms with E-state index in [1.165, 1.54) is 24.5 Å². The van der Waals surface area contributed by atoms with Crippen LogP contribution in [0.5, 0.6) is 5.88 Å². The zero-order chi connectivity index (χ0) is 21.1. The quantitative estimate of drug-likeness (QED) is 0.713. The smallest absolute Gasteiger partial charge is 0.255 e. The third kappa shape index (κ3) is 4.07. The third-order valence-electron chi connectivity index (χ3n) is 5.18. The zero-order valence-electron chi connectivity index (χ0n) is 16.5. The van der Waals surface area contributed by atoms with Gasteiger partial charge in [-0.1, -0.05) is 6.07 Å². The first kappa shape index (κ1) is 19.8. The molecule has 0 radical (unpaired) electrons. The predicted molar refractivity (Wildman–Crippen MR) is 110 cm³/mol. The second-order valence-corrected chi connectivity index (χ2v) is 7.29. The van der Waals surface area contributed by atoms with Gasteiger partial charge >= 0.3 is 0 Å². The second-order valence-electron chi connectivity index (χ2n) is 7.29. The molecule has 1 aliphatic heterocycles. The standard InChI is InChI=1S/C22H22FN5O2/c1-14-6-7-16(30-19-12-15(24)8-11-25-19)13-28(14)22(29)17-4-2-5-18(23)20(17)21-26-9-3-10-27-21/h2-5,8-12,14,16H,6-7,13H2,1H3,(H2,24,25)/t14-,16-/m1/s1. The summed E-state index contributed by atoms with van der Waals surface area (Å²) in [7, 11) is 0. The Morgan fingerprint density at radius 2 is 1.93 bits per heavy atom. The Morgan fingerprint density at radius 1 is 1.13 bits per heavy atom. The van der Waals surface area contributed by atoms with E-state index in [1.54, 1.807) is 35.4 Å². The molecule has 0 bridgehead atoms. The summed E-state index contributed by atoms with van der Waals surface area (Å²) in [6.45, 7) is 2.34. The number of hydrogen-bond acceptors (Lipinski definition) is 6. The average molecular weight is 407 g/mol. The summed E-state index contributed by atoms with van der Waals surface area (Å²) >= 11 is 0. The normalized spacial score (nSPS) is 18.8. The van der Waals surface area contributed by atoms with Crippen molar-refractivity contribution in [3.05, 3.63) is 66.4 Å². The van der Waals surface area contributed by atoms with Crippen LogP contribution in [0.4, 0.5) is 10.1 Å². The Balaban J connectivity index is 1.60. The molecule has 30 heavy (non-hydrogen) atoms. The van der Waals surface area contributed by atoms with Gasteiger partial charge in [-0.25, -0.2) is 19.3 Å². The number of pyridine rings is 1. The first-order valence-electron chi connectivity index (χ1n) is 9.78. The fourth-order valence-corrected chi connectivity index (χ4v) is 3.63. The molecule has 2 N–H and O–H groups in total. The van der Waals surface area contributed by atoms with Gasteiger partial charge in [-0.3, -0.25) is 4.79 Å². The van der Waals surface area contributed by atoms with E-state index in [0.717, 1.165) is 12.8 Å². The number of likely N-dealkylation sites (tertiary alicyclic amines) is 1. The molecule has 2 atom stereocenters. The van der Waals surface area contributed by atoms with Crippen LogP contribution in [0, 0.1) is 5.82 Å². The van der Waals surface area contributed by atoms with Gasteiger partial charge < -0.3 is 15.4 Å². The lowest BCUT2D eigenvalue weighted by molar-refractivity contribution is 0.0373. The number of ether oxygens (including phenoxy) is 1. The number of aromatic nitrogens is 3. The fraction of sp³-hybridized carbons (Fsp3) is 0.273. The molecule has 0 spiro atoms. The average Bonchev–Trinajstić information content (AvgIpc) is 2.75. The summed E-state index contributed by atoms with van der Waals surface area (Å²) in [4.78, 5) is 27.6. The predicted octanol–water partition coefficient (Wildman–Crippen LogP) is 3.33. The summed E-state index contributed by atoms with van der Waals surface area (Å²) < 4.78 is 20.6. The summed E-state index contributed by atoms with van der Waals surface area (Å²) in [5.74, 6) is -0.210. The molecule has 1 fully saturated rings. The Labute approximate surface area is 173 Å². The van der Waals surface area contributed by atoms with Crippen molar-refractivity contribution in [2.75, 3.05) is 12.3 Å². The molecular weight excluding hydrogens is 385 g/mol. The van der Waals surface area contributed by atoms with Crippen molar-refractivity contribution in [2.24, 2.45) is 0 Å². The molecule has 8 heteroatoms. The number of nitrogens with two attached hydrogens (primary N) is 1. The van der Waals surface area contributed by atoms with Gasteiger partial charge in [-0.2, -0.15) is 0 Å². The van der Waals surface area contributed by atoms with Crippen molar-refractivity contribution < 1.29 is 13.9 Å². The summed E-state index contributed by atoms with van der Waals surface area (Å²) in [6.07, 6.45) is 5.93. The number of nitrogen functional groups attached to an aromatic ring is 1. The summed E-state index contributed by atoms with van der Waals surface area (Å²) in [5, 5.41) is 0. The lowest BCUT2D eigenvalue weighted by Gasteiger charge is -2.38. The lowest BCUT2D eigenvalue weighted by Crippen LogP contribution is -2.49. The van der Waals surface area contributed by atoms with Gasteiger partial charge in [0, 0.05) is 36.4 Å². The topological polar surface area (TPSA) is 94.2 Å². The molecule has 3 aromatic rings. The Kier molecular flexibility index (Phi) is 5.56. The maximum absolute atomic E-state index is 14.7. The van der Waals surface area contributed by atoms with Crippen LogP contribution in [0.3, 0.4) is 0 Å². The number of nitrogens with zero attached hydrogens (tertiary/aromatic N) is 4. The van der Waals surface area contributed by atoms with Crippen molar-refractivity contribution in [1.29, 1.82) is 0 Å². The van der Waals surface area contributed by atoms with Crippen LogP contribution in [-0.4, -0.2) is 44.4 Å². The van der Waals surface area contributed by atoms with Crippen molar-refractivity contribution in [3.63, 3.8) is 0 Å². The van der Waals surface area contributed by atoms with Crippen LogP contribution in [0.2, 0.25) is 0 Å². The molecule has 3 heterocycles. The van der Waals surface area contributed by atoms with E-state index in [2.05, 4.69) is 15.0 Å². The molecule has 1 amide bonds. The number of halogens is 1. The lowest BCUT2D eigenvalue weighted by atomic mass is 9.98. The van der Waals surface area contributed by atoms with Gasteiger partial charge in [0.25, 0.3) is 5.91 Å². The molecule has 0 saturated carbocycles. The molecule has 1 saturated heterocycles. The fourth-order valence-electron chi connectivity index (χ4n) is 3.63. The number of hydrogen-bond donors (Lipinski definition) is 1. The van der Waals surface area contributed by atoms with Crippen molar-refractivity contribution in [1.82, 2.24) is 19.9 Å². The molecule has 0 unspecified atom stereocenters. The third-order valence-corrected chi connectivity index (χ3v) is 5.18. The van der Waals surface area contributed by atoms with Gasteiger partial charge in [0.15, 0.2) is 5.82 Å². The van der Waals surface area contributed by atoms with E-state index < -0.39 is 5.82 Å². The van der Waals surface area contributed by atoms with Crippen LogP contribution in [0.25, 0.3) is 11.4 Å². The number of benzene rings is 1. The minimum atomic E-state index is -0.534. The van der Waals surface area contributed by atoms with Gasteiger partial charge in [0.2, 0.25) is 5.88 Å².